The molecule has 3 aromatic rings. The molecule has 3 heterocycles. The maximum absolute atomic E-state index is 9.55. The summed E-state index contributed by atoms with van der Waals surface area (Å²) < 4.78 is 3.68. The number of hydrogen-bond donors (Lipinski definition) is 1. The lowest BCUT2D eigenvalue weighted by Gasteiger charge is -2.12. The van der Waals surface area contributed by atoms with Crippen LogP contribution in [-0.2, 0) is 20.0 Å². The molecule has 0 radical (unpaired) electrons. The Morgan fingerprint density at radius 3 is 3.00 bits per heavy atom. The molecule has 0 aliphatic heterocycles. The number of thiophene rings is 1. The average Bonchev–Trinajstić information content (AvgIpc) is 3.19. The molecule has 0 unspecified atom stereocenters. The van der Waals surface area contributed by atoms with E-state index < -0.39 is 0 Å². The molecule has 6 nitrogen and oxygen atoms in total. The first-order valence-electron chi connectivity index (χ1n) is 6.76. The Morgan fingerprint density at radius 2 is 2.33 bits per heavy atom. The van der Waals surface area contributed by atoms with E-state index in [4.69, 9.17) is 0 Å². The van der Waals surface area contributed by atoms with Gasteiger partial charge in [0, 0.05) is 38.5 Å². The van der Waals surface area contributed by atoms with Crippen LogP contribution < -0.4 is 0 Å². The molecule has 0 bridgehead atoms. The highest BCUT2D eigenvalue weighted by molar-refractivity contribution is 7.07. The van der Waals surface area contributed by atoms with E-state index in [-0.39, 0.29) is 12.5 Å². The van der Waals surface area contributed by atoms with E-state index in [1.165, 1.54) is 5.56 Å². The first-order valence-corrected chi connectivity index (χ1v) is 7.70. The van der Waals surface area contributed by atoms with Gasteiger partial charge in [-0.1, -0.05) is 5.21 Å². The van der Waals surface area contributed by atoms with Crippen LogP contribution in [0.5, 0.6) is 0 Å². The standard InChI is InChI=1S/C14H17N5OS/c1-18-4-3-15-14(18)13-8-19(17-16-13)7-12(9-20)6-11-2-5-21-10-11/h2-5,8,10,12,20H,6-7,9H2,1H3/t12-/m1/s1. The van der Waals surface area contributed by atoms with Crippen molar-refractivity contribution < 1.29 is 5.11 Å². The lowest BCUT2D eigenvalue weighted by Crippen LogP contribution is -2.17. The summed E-state index contributed by atoms with van der Waals surface area (Å²) in [6.07, 6.45) is 6.33. The summed E-state index contributed by atoms with van der Waals surface area (Å²) in [5, 5.41) is 22.0. The molecule has 1 atom stereocenters. The molecule has 0 aromatic carbocycles. The number of rotatable bonds is 6. The third-order valence-corrected chi connectivity index (χ3v) is 4.13. The van der Waals surface area contributed by atoms with Crippen LogP contribution in [-0.4, -0.2) is 36.3 Å². The third-order valence-electron chi connectivity index (χ3n) is 3.40. The number of aliphatic hydroxyl groups is 1. The zero-order valence-corrected chi connectivity index (χ0v) is 12.6. The average molecular weight is 303 g/mol. The first-order chi connectivity index (χ1) is 10.3. The van der Waals surface area contributed by atoms with Crippen LogP contribution in [0.4, 0.5) is 0 Å². The van der Waals surface area contributed by atoms with Gasteiger partial charge in [0.1, 0.15) is 5.69 Å². The molecule has 3 aromatic heterocycles. The van der Waals surface area contributed by atoms with Crippen molar-refractivity contribution >= 4 is 11.3 Å². The van der Waals surface area contributed by atoms with E-state index in [0.29, 0.717) is 6.54 Å². The summed E-state index contributed by atoms with van der Waals surface area (Å²) in [7, 11) is 1.93. The van der Waals surface area contributed by atoms with Crippen LogP contribution in [0.3, 0.4) is 0 Å². The number of hydrogen-bond acceptors (Lipinski definition) is 5. The van der Waals surface area contributed by atoms with Crippen molar-refractivity contribution in [3.8, 4) is 11.5 Å². The lowest BCUT2D eigenvalue weighted by molar-refractivity contribution is 0.205. The molecule has 0 saturated heterocycles. The predicted molar refractivity (Wildman–Crippen MR) is 80.8 cm³/mol. The minimum Gasteiger partial charge on any atom is -0.396 e. The van der Waals surface area contributed by atoms with E-state index in [9.17, 15) is 5.11 Å². The number of aryl methyl sites for hydroxylation is 1. The van der Waals surface area contributed by atoms with Crippen molar-refractivity contribution in [3.05, 3.63) is 41.0 Å². The SMILES string of the molecule is Cn1ccnc1-c1cn(C[C@H](CO)Cc2ccsc2)nn1. The molecule has 0 aliphatic rings. The van der Waals surface area contributed by atoms with Crippen LogP contribution in [0, 0.1) is 5.92 Å². The van der Waals surface area contributed by atoms with Gasteiger partial charge in [-0.2, -0.15) is 11.3 Å². The van der Waals surface area contributed by atoms with Crippen molar-refractivity contribution in [1.82, 2.24) is 24.5 Å². The van der Waals surface area contributed by atoms with Crippen molar-refractivity contribution in [2.24, 2.45) is 13.0 Å². The van der Waals surface area contributed by atoms with Crippen molar-refractivity contribution in [1.29, 1.82) is 0 Å². The van der Waals surface area contributed by atoms with Gasteiger partial charge >= 0.3 is 0 Å². The summed E-state index contributed by atoms with van der Waals surface area (Å²) in [4.78, 5) is 4.26. The summed E-state index contributed by atoms with van der Waals surface area (Å²) in [5.74, 6) is 0.926. The monoisotopic (exact) mass is 303 g/mol. The Morgan fingerprint density at radius 1 is 1.43 bits per heavy atom. The fraction of sp³-hybridized carbons (Fsp3) is 0.357. The minimum atomic E-state index is 0.132. The summed E-state index contributed by atoms with van der Waals surface area (Å²) in [6, 6.07) is 2.09. The van der Waals surface area contributed by atoms with Gasteiger partial charge in [0.15, 0.2) is 5.82 Å². The second-order valence-electron chi connectivity index (χ2n) is 5.07. The Bertz CT molecular complexity index is 688. The number of imidazole rings is 1. The molecule has 0 saturated carbocycles. The smallest absolute Gasteiger partial charge is 0.161 e. The zero-order valence-electron chi connectivity index (χ0n) is 11.8. The first kappa shape index (κ1) is 14.0. The summed E-state index contributed by atoms with van der Waals surface area (Å²) in [5.41, 5.74) is 2.00. The fourth-order valence-electron chi connectivity index (χ4n) is 2.30. The molecule has 0 spiro atoms. The lowest BCUT2D eigenvalue weighted by atomic mass is 10.0. The third kappa shape index (κ3) is 3.20. The molecule has 110 valence electrons. The van der Waals surface area contributed by atoms with Crippen molar-refractivity contribution in [2.75, 3.05) is 6.61 Å². The normalized spacial score (nSPS) is 12.7. The Labute approximate surface area is 126 Å². The van der Waals surface area contributed by atoms with E-state index in [0.717, 1.165) is 17.9 Å². The van der Waals surface area contributed by atoms with Crippen molar-refractivity contribution in [2.45, 2.75) is 13.0 Å². The molecule has 1 N–H and O–H groups in total. The van der Waals surface area contributed by atoms with Crippen LogP contribution in [0.15, 0.2) is 35.4 Å². The fourth-order valence-corrected chi connectivity index (χ4v) is 2.98. The van der Waals surface area contributed by atoms with Crippen LogP contribution in [0.2, 0.25) is 0 Å². The van der Waals surface area contributed by atoms with Gasteiger partial charge in [-0.25, -0.2) is 4.98 Å². The van der Waals surface area contributed by atoms with E-state index >= 15 is 0 Å². The molecule has 21 heavy (non-hydrogen) atoms. The van der Waals surface area contributed by atoms with Gasteiger partial charge in [-0.15, -0.1) is 5.10 Å². The Hall–Kier alpha value is -1.99. The molecule has 0 aliphatic carbocycles. The highest BCUT2D eigenvalue weighted by atomic mass is 32.1. The second kappa shape index (κ2) is 6.19. The maximum Gasteiger partial charge on any atom is 0.161 e. The van der Waals surface area contributed by atoms with E-state index in [1.807, 2.05) is 24.0 Å². The van der Waals surface area contributed by atoms with Gasteiger partial charge in [-0.3, -0.25) is 4.68 Å². The largest absolute Gasteiger partial charge is 0.396 e. The molecule has 0 amide bonds. The second-order valence-corrected chi connectivity index (χ2v) is 5.85. The molecule has 0 fully saturated rings. The molecular weight excluding hydrogens is 286 g/mol. The molecule has 3 rings (SSSR count). The number of nitrogens with zero attached hydrogens (tertiary/aromatic N) is 5. The molecule has 7 heteroatoms. The van der Waals surface area contributed by atoms with E-state index in [1.54, 1.807) is 22.2 Å². The number of aliphatic hydroxyl groups excluding tert-OH is 1. The van der Waals surface area contributed by atoms with Gasteiger partial charge < -0.3 is 9.67 Å². The Kier molecular flexibility index (Phi) is 4.12. The minimum absolute atomic E-state index is 0.132. The van der Waals surface area contributed by atoms with E-state index in [2.05, 4.69) is 32.1 Å². The van der Waals surface area contributed by atoms with Gasteiger partial charge in [-0.05, 0) is 28.8 Å². The van der Waals surface area contributed by atoms with Crippen LogP contribution in [0.25, 0.3) is 11.5 Å². The maximum atomic E-state index is 9.55. The summed E-state index contributed by atoms with van der Waals surface area (Å²) in [6.45, 7) is 0.775. The van der Waals surface area contributed by atoms with Crippen LogP contribution in [0.1, 0.15) is 5.56 Å². The quantitative estimate of drug-likeness (QED) is 0.751. The number of aromatic nitrogens is 5. The Balaban J connectivity index is 1.70. The highest BCUT2D eigenvalue weighted by Crippen LogP contribution is 2.16. The summed E-state index contributed by atoms with van der Waals surface area (Å²) >= 11 is 1.67. The van der Waals surface area contributed by atoms with Gasteiger partial charge in [0.05, 0.1) is 6.20 Å². The van der Waals surface area contributed by atoms with Gasteiger partial charge in [0.25, 0.3) is 0 Å². The molecular formula is C14H17N5OS. The zero-order chi connectivity index (χ0) is 14.7. The van der Waals surface area contributed by atoms with Gasteiger partial charge in [0.2, 0.25) is 0 Å². The highest BCUT2D eigenvalue weighted by Gasteiger charge is 2.13. The van der Waals surface area contributed by atoms with Crippen LogP contribution >= 0.6 is 11.3 Å². The predicted octanol–water partition coefficient (Wildman–Crippen LogP) is 1.59. The van der Waals surface area contributed by atoms with Crippen molar-refractivity contribution in [3.63, 3.8) is 0 Å². The topological polar surface area (TPSA) is 68.8 Å².